The average Bonchev–Trinajstić information content (AvgIpc) is 2.36. The lowest BCUT2D eigenvalue weighted by Gasteiger charge is -2.09. The van der Waals surface area contributed by atoms with Crippen LogP contribution >= 0.6 is 15.9 Å². The third-order valence-corrected chi connectivity index (χ3v) is 3.17. The van der Waals surface area contributed by atoms with Gasteiger partial charge in [0.25, 0.3) is 5.91 Å². The largest absolute Gasteiger partial charge is 0.384 e. The van der Waals surface area contributed by atoms with Crippen LogP contribution in [0.3, 0.4) is 0 Å². The van der Waals surface area contributed by atoms with Crippen molar-refractivity contribution in [3.8, 4) is 0 Å². The molecule has 3 N–H and O–H groups in total. The summed E-state index contributed by atoms with van der Waals surface area (Å²) >= 11 is 3.08. The van der Waals surface area contributed by atoms with Crippen LogP contribution in [0.1, 0.15) is 15.9 Å². The number of aryl methyl sites for hydroxylation is 1. The highest BCUT2D eigenvalue weighted by Crippen LogP contribution is 2.24. The SMILES string of the molecule is Cc1cc(F)c(Br)cc1NC(=O)c1ccc(N)nc1. The normalized spacial score (nSPS) is 10.3. The van der Waals surface area contributed by atoms with Crippen LogP contribution in [-0.2, 0) is 0 Å². The average molecular weight is 324 g/mol. The van der Waals surface area contributed by atoms with Crippen LogP contribution in [0.25, 0.3) is 0 Å². The van der Waals surface area contributed by atoms with E-state index in [-0.39, 0.29) is 11.7 Å². The second-order valence-electron chi connectivity index (χ2n) is 4.01. The number of nitrogens with one attached hydrogen (secondary N) is 1. The van der Waals surface area contributed by atoms with Crippen LogP contribution in [-0.4, -0.2) is 10.9 Å². The van der Waals surface area contributed by atoms with E-state index >= 15 is 0 Å². The van der Waals surface area contributed by atoms with Gasteiger partial charge >= 0.3 is 0 Å². The van der Waals surface area contributed by atoms with E-state index in [1.165, 1.54) is 18.3 Å². The van der Waals surface area contributed by atoms with Crippen LogP contribution in [0, 0.1) is 12.7 Å². The Morgan fingerprint density at radius 1 is 1.42 bits per heavy atom. The molecular formula is C13H11BrFN3O. The highest BCUT2D eigenvalue weighted by molar-refractivity contribution is 9.10. The van der Waals surface area contributed by atoms with Gasteiger partial charge in [-0.2, -0.15) is 0 Å². The number of nitrogens with zero attached hydrogens (tertiary/aromatic N) is 1. The second-order valence-corrected chi connectivity index (χ2v) is 4.86. The predicted molar refractivity (Wildman–Crippen MR) is 75.4 cm³/mol. The molecule has 1 aromatic heterocycles. The predicted octanol–water partition coefficient (Wildman–Crippen LogP) is 3.13. The van der Waals surface area contributed by atoms with Gasteiger partial charge in [0, 0.05) is 11.9 Å². The molecule has 19 heavy (non-hydrogen) atoms. The molecule has 0 aliphatic heterocycles. The highest BCUT2D eigenvalue weighted by Gasteiger charge is 2.10. The Hall–Kier alpha value is -1.95. The summed E-state index contributed by atoms with van der Waals surface area (Å²) in [6.45, 7) is 1.71. The Morgan fingerprint density at radius 2 is 2.16 bits per heavy atom. The van der Waals surface area contributed by atoms with Crippen molar-refractivity contribution in [2.75, 3.05) is 11.1 Å². The lowest BCUT2D eigenvalue weighted by molar-refractivity contribution is 0.102. The molecule has 2 rings (SSSR count). The minimum absolute atomic E-state index is 0.295. The zero-order valence-corrected chi connectivity index (χ0v) is 11.7. The summed E-state index contributed by atoms with van der Waals surface area (Å²) < 4.78 is 13.6. The van der Waals surface area contributed by atoms with Gasteiger partial charge in [0.15, 0.2) is 0 Å². The van der Waals surface area contributed by atoms with Crippen LogP contribution < -0.4 is 11.1 Å². The molecular weight excluding hydrogens is 313 g/mol. The number of nitrogen functional groups attached to an aromatic ring is 1. The smallest absolute Gasteiger partial charge is 0.257 e. The Kier molecular flexibility index (Phi) is 3.80. The molecule has 4 nitrogen and oxygen atoms in total. The maximum absolute atomic E-state index is 13.3. The fourth-order valence-electron chi connectivity index (χ4n) is 1.52. The molecule has 0 radical (unpaired) electrons. The summed E-state index contributed by atoms with van der Waals surface area (Å²) in [6, 6.07) is 5.99. The van der Waals surface area contributed by atoms with Gasteiger partial charge in [-0.05, 0) is 52.7 Å². The molecule has 0 aliphatic rings. The number of halogens is 2. The molecule has 0 unspecified atom stereocenters. The van der Waals surface area contributed by atoms with Gasteiger partial charge in [-0.3, -0.25) is 4.79 Å². The molecule has 0 aliphatic carbocycles. The number of rotatable bonds is 2. The number of nitrogens with two attached hydrogens (primary N) is 1. The number of aromatic nitrogens is 1. The summed E-state index contributed by atoms with van der Waals surface area (Å²) in [5, 5.41) is 2.70. The Labute approximate surface area is 118 Å². The Morgan fingerprint density at radius 3 is 2.79 bits per heavy atom. The van der Waals surface area contributed by atoms with Gasteiger partial charge in [-0.25, -0.2) is 9.37 Å². The van der Waals surface area contributed by atoms with E-state index in [2.05, 4.69) is 26.2 Å². The Bertz CT molecular complexity index is 629. The van der Waals surface area contributed by atoms with Crippen molar-refractivity contribution in [1.82, 2.24) is 4.98 Å². The maximum Gasteiger partial charge on any atom is 0.257 e. The molecule has 1 heterocycles. The van der Waals surface area contributed by atoms with E-state index in [1.807, 2.05) is 0 Å². The van der Waals surface area contributed by atoms with Gasteiger partial charge in [-0.1, -0.05) is 0 Å². The topological polar surface area (TPSA) is 68.0 Å². The summed E-state index contributed by atoms with van der Waals surface area (Å²) in [5.74, 6) is -0.351. The third kappa shape index (κ3) is 3.08. The first-order valence-electron chi connectivity index (χ1n) is 5.46. The molecule has 1 aromatic carbocycles. The van der Waals surface area contributed by atoms with Crippen molar-refractivity contribution in [3.63, 3.8) is 0 Å². The number of hydrogen-bond acceptors (Lipinski definition) is 3. The van der Waals surface area contributed by atoms with Gasteiger partial charge in [0.05, 0.1) is 10.0 Å². The number of amides is 1. The van der Waals surface area contributed by atoms with Gasteiger partial charge in [-0.15, -0.1) is 0 Å². The van der Waals surface area contributed by atoms with Crippen molar-refractivity contribution in [1.29, 1.82) is 0 Å². The van der Waals surface area contributed by atoms with Crippen LogP contribution in [0.15, 0.2) is 34.9 Å². The van der Waals surface area contributed by atoms with Gasteiger partial charge in [0.2, 0.25) is 0 Å². The van der Waals surface area contributed by atoms with Crippen LogP contribution in [0.4, 0.5) is 15.9 Å². The van der Waals surface area contributed by atoms with Gasteiger partial charge < -0.3 is 11.1 Å². The minimum Gasteiger partial charge on any atom is -0.384 e. The molecule has 0 saturated heterocycles. The van der Waals surface area contributed by atoms with Crippen molar-refractivity contribution >= 4 is 33.3 Å². The molecule has 0 spiro atoms. The molecule has 2 aromatic rings. The van der Waals surface area contributed by atoms with E-state index in [1.54, 1.807) is 19.1 Å². The summed E-state index contributed by atoms with van der Waals surface area (Å²) in [6.07, 6.45) is 1.39. The number of carbonyl (C=O) groups is 1. The van der Waals surface area contributed by atoms with Gasteiger partial charge in [0.1, 0.15) is 11.6 Å². The number of hydrogen-bond donors (Lipinski definition) is 2. The summed E-state index contributed by atoms with van der Waals surface area (Å²) in [4.78, 5) is 15.8. The summed E-state index contributed by atoms with van der Waals surface area (Å²) in [7, 11) is 0. The van der Waals surface area contributed by atoms with Crippen molar-refractivity contribution < 1.29 is 9.18 Å². The fourth-order valence-corrected chi connectivity index (χ4v) is 1.86. The lowest BCUT2D eigenvalue weighted by atomic mass is 10.2. The van der Waals surface area contributed by atoms with E-state index < -0.39 is 0 Å². The first-order valence-corrected chi connectivity index (χ1v) is 6.25. The quantitative estimate of drug-likeness (QED) is 0.892. The molecule has 0 atom stereocenters. The zero-order valence-electron chi connectivity index (χ0n) is 10.1. The molecule has 98 valence electrons. The number of pyridine rings is 1. The maximum atomic E-state index is 13.3. The van der Waals surface area contributed by atoms with E-state index in [0.717, 1.165) is 0 Å². The highest BCUT2D eigenvalue weighted by atomic mass is 79.9. The molecule has 0 saturated carbocycles. The first kappa shape index (κ1) is 13.5. The first-order chi connectivity index (χ1) is 8.97. The second kappa shape index (κ2) is 5.36. The summed E-state index contributed by atoms with van der Waals surface area (Å²) in [5.41, 5.74) is 7.01. The number of anilines is 2. The molecule has 1 amide bonds. The van der Waals surface area contributed by atoms with Crippen LogP contribution in [0.5, 0.6) is 0 Å². The third-order valence-electron chi connectivity index (χ3n) is 2.56. The molecule has 0 bridgehead atoms. The lowest BCUT2D eigenvalue weighted by Crippen LogP contribution is -2.13. The van der Waals surface area contributed by atoms with E-state index in [4.69, 9.17) is 5.73 Å². The number of carbonyl (C=O) groups excluding carboxylic acids is 1. The van der Waals surface area contributed by atoms with Crippen LogP contribution in [0.2, 0.25) is 0 Å². The molecule has 0 fully saturated rings. The van der Waals surface area contributed by atoms with Crippen molar-refractivity contribution in [2.24, 2.45) is 0 Å². The van der Waals surface area contributed by atoms with E-state index in [0.29, 0.717) is 27.1 Å². The monoisotopic (exact) mass is 323 g/mol. The standard InChI is InChI=1S/C13H11BrFN3O/c1-7-4-10(15)9(14)5-11(7)18-13(19)8-2-3-12(16)17-6-8/h2-6H,1H3,(H2,16,17)(H,18,19). The van der Waals surface area contributed by atoms with E-state index in [9.17, 15) is 9.18 Å². The minimum atomic E-state index is -0.371. The zero-order chi connectivity index (χ0) is 14.0. The number of benzene rings is 1. The fraction of sp³-hybridized carbons (Fsp3) is 0.0769. The van der Waals surface area contributed by atoms with Crippen molar-refractivity contribution in [3.05, 3.63) is 51.9 Å². The Balaban J connectivity index is 2.24. The molecule has 6 heteroatoms. The van der Waals surface area contributed by atoms with Crippen molar-refractivity contribution in [2.45, 2.75) is 6.92 Å².